The fourth-order valence-electron chi connectivity index (χ4n) is 6.49. The first-order valence-electron chi connectivity index (χ1n) is 16.4. The van der Waals surface area contributed by atoms with Crippen LogP contribution < -0.4 is 9.80 Å². The van der Waals surface area contributed by atoms with Gasteiger partial charge in [-0.25, -0.2) is 0 Å². The van der Waals surface area contributed by atoms with E-state index in [4.69, 9.17) is 0 Å². The first-order chi connectivity index (χ1) is 23.8. The van der Waals surface area contributed by atoms with Gasteiger partial charge in [0, 0.05) is 33.8 Å². The highest BCUT2D eigenvalue weighted by Gasteiger charge is 2.17. The van der Waals surface area contributed by atoms with Gasteiger partial charge in [0.2, 0.25) is 0 Å². The van der Waals surface area contributed by atoms with Crippen LogP contribution in [-0.2, 0) is 0 Å². The molecule has 228 valence electrons. The van der Waals surface area contributed by atoms with Gasteiger partial charge >= 0.3 is 0 Å². The van der Waals surface area contributed by atoms with Gasteiger partial charge in [0.15, 0.2) is 0 Å². The van der Waals surface area contributed by atoms with E-state index in [9.17, 15) is 0 Å². The molecule has 2 nitrogen and oxygen atoms in total. The fraction of sp³-hybridized carbons (Fsp3) is 0. The van der Waals surface area contributed by atoms with E-state index >= 15 is 0 Å². The first kappa shape index (κ1) is 29.1. The van der Waals surface area contributed by atoms with Crippen LogP contribution in [0.4, 0.5) is 34.1 Å². The van der Waals surface area contributed by atoms with Crippen molar-refractivity contribution in [1.29, 1.82) is 0 Å². The summed E-state index contributed by atoms with van der Waals surface area (Å²) in [4.78, 5) is 4.65. The van der Waals surface area contributed by atoms with E-state index in [2.05, 4.69) is 216 Å². The van der Waals surface area contributed by atoms with Crippen molar-refractivity contribution in [1.82, 2.24) is 0 Å². The smallest absolute Gasteiger partial charge is 0.0546 e. The summed E-state index contributed by atoms with van der Waals surface area (Å²) in [5.74, 6) is 0. The Labute approximate surface area is 282 Å². The van der Waals surface area contributed by atoms with E-state index in [1.54, 1.807) is 0 Å². The topological polar surface area (TPSA) is 6.48 Å². The molecule has 0 N–H and O–H groups in total. The van der Waals surface area contributed by atoms with Gasteiger partial charge in [0.05, 0.1) is 5.69 Å². The van der Waals surface area contributed by atoms with Crippen molar-refractivity contribution < 1.29 is 0 Å². The monoisotopic (exact) mass is 614 g/mol. The summed E-state index contributed by atoms with van der Waals surface area (Å²) in [6.07, 6.45) is 4.36. The molecular formula is C46H34N2. The number of hydrogen-bond acceptors (Lipinski definition) is 2. The molecule has 0 heterocycles. The van der Waals surface area contributed by atoms with Crippen molar-refractivity contribution in [2.75, 3.05) is 9.80 Å². The summed E-state index contributed by atoms with van der Waals surface area (Å²) in [5, 5.41) is 4.98. The maximum Gasteiger partial charge on any atom is 0.0546 e. The summed E-state index contributed by atoms with van der Waals surface area (Å²) in [6, 6.07) is 68.9. The van der Waals surface area contributed by atoms with Crippen molar-refractivity contribution in [3.8, 4) is 0 Å². The quantitative estimate of drug-likeness (QED) is 0.124. The number of nitrogens with zero attached hydrogens (tertiary/aromatic N) is 2. The molecule has 0 unspecified atom stereocenters. The highest BCUT2D eigenvalue weighted by atomic mass is 15.1. The molecule has 8 rings (SSSR count). The van der Waals surface area contributed by atoms with Crippen LogP contribution in [0, 0.1) is 0 Å². The van der Waals surface area contributed by atoms with Crippen LogP contribution >= 0.6 is 0 Å². The molecule has 0 amide bonds. The number of fused-ring (bicyclic) bond motifs is 3. The molecule has 2 heteroatoms. The number of para-hydroxylation sites is 3. The predicted octanol–water partition coefficient (Wildman–Crippen LogP) is 13.1. The number of rotatable bonds is 8. The lowest BCUT2D eigenvalue weighted by Crippen LogP contribution is -2.10. The average molecular weight is 615 g/mol. The normalized spacial score (nSPS) is 11.2. The third-order valence-corrected chi connectivity index (χ3v) is 8.80. The second-order valence-corrected chi connectivity index (χ2v) is 11.9. The summed E-state index contributed by atoms with van der Waals surface area (Å²) >= 11 is 0. The van der Waals surface area contributed by atoms with Gasteiger partial charge < -0.3 is 9.80 Å². The second kappa shape index (κ2) is 13.2. The second-order valence-electron chi connectivity index (χ2n) is 11.9. The Balaban J connectivity index is 1.10. The van der Waals surface area contributed by atoms with Crippen molar-refractivity contribution >= 4 is 67.8 Å². The Morgan fingerprint density at radius 1 is 0.292 bits per heavy atom. The van der Waals surface area contributed by atoms with Crippen LogP contribution in [0.15, 0.2) is 194 Å². The Kier molecular flexibility index (Phi) is 7.96. The van der Waals surface area contributed by atoms with E-state index in [0.717, 1.165) is 39.6 Å². The molecule has 0 saturated heterocycles. The maximum absolute atomic E-state index is 2.37. The van der Waals surface area contributed by atoms with Gasteiger partial charge in [-0.1, -0.05) is 140 Å². The van der Waals surface area contributed by atoms with Crippen molar-refractivity contribution in [2.24, 2.45) is 0 Å². The minimum atomic E-state index is 1.12. The van der Waals surface area contributed by atoms with Crippen LogP contribution in [0.5, 0.6) is 0 Å². The van der Waals surface area contributed by atoms with Crippen molar-refractivity contribution in [3.63, 3.8) is 0 Å². The predicted molar refractivity (Wildman–Crippen MR) is 206 cm³/mol. The SMILES string of the molecule is C(=Cc1ccc(N(c2ccccc2)c2cc3ccccc3c3ccccc23)cc1)c1ccc(N(c2ccccc2)c2ccccc2)cc1. The van der Waals surface area contributed by atoms with E-state index < -0.39 is 0 Å². The number of benzene rings is 8. The third-order valence-electron chi connectivity index (χ3n) is 8.80. The molecule has 0 bridgehead atoms. The van der Waals surface area contributed by atoms with Crippen molar-refractivity contribution in [3.05, 3.63) is 205 Å². The minimum Gasteiger partial charge on any atom is -0.311 e. The molecule has 0 aliphatic rings. The summed E-state index contributed by atoms with van der Waals surface area (Å²) < 4.78 is 0. The van der Waals surface area contributed by atoms with Crippen LogP contribution in [0.3, 0.4) is 0 Å². The van der Waals surface area contributed by atoms with Gasteiger partial charge in [-0.3, -0.25) is 0 Å². The molecule has 48 heavy (non-hydrogen) atoms. The molecule has 0 atom stereocenters. The number of anilines is 6. The van der Waals surface area contributed by atoms with Crippen LogP contribution in [0.25, 0.3) is 33.7 Å². The molecule has 8 aromatic rings. The summed E-state index contributed by atoms with van der Waals surface area (Å²) in [5.41, 5.74) is 9.09. The standard InChI is InChI=1S/C46H34N2/c1-4-15-38(16-5-1)47(39-17-6-2-7-18-39)41-30-26-35(27-31-41)24-25-36-28-32-42(33-29-36)48(40-19-8-3-9-20-40)46-34-37-14-10-11-21-43(37)44-22-12-13-23-45(44)46/h1-34H. The number of hydrogen-bond donors (Lipinski definition) is 0. The molecule has 0 aromatic heterocycles. The Hall–Kier alpha value is -6.38. The van der Waals surface area contributed by atoms with Crippen LogP contribution in [0.1, 0.15) is 11.1 Å². The van der Waals surface area contributed by atoms with E-state index in [-0.39, 0.29) is 0 Å². The summed E-state index contributed by atoms with van der Waals surface area (Å²) in [7, 11) is 0. The third kappa shape index (κ3) is 5.84. The molecular weight excluding hydrogens is 581 g/mol. The lowest BCUT2D eigenvalue weighted by molar-refractivity contribution is 1.28. The zero-order valence-corrected chi connectivity index (χ0v) is 26.5. The van der Waals surface area contributed by atoms with Gasteiger partial charge in [-0.05, 0) is 94.0 Å². The van der Waals surface area contributed by atoms with Gasteiger partial charge in [0.1, 0.15) is 0 Å². The zero-order chi connectivity index (χ0) is 32.1. The highest BCUT2D eigenvalue weighted by molar-refractivity contribution is 6.14. The van der Waals surface area contributed by atoms with Crippen molar-refractivity contribution in [2.45, 2.75) is 0 Å². The van der Waals surface area contributed by atoms with E-state index in [1.807, 2.05) is 0 Å². The Morgan fingerprint density at radius 3 is 1.19 bits per heavy atom. The van der Waals surface area contributed by atoms with Gasteiger partial charge in [0.25, 0.3) is 0 Å². The Bertz CT molecular complexity index is 2270. The largest absolute Gasteiger partial charge is 0.311 e. The lowest BCUT2D eigenvalue weighted by Gasteiger charge is -2.27. The zero-order valence-electron chi connectivity index (χ0n) is 26.5. The van der Waals surface area contributed by atoms with E-state index in [0.29, 0.717) is 0 Å². The molecule has 0 spiro atoms. The molecule has 8 aromatic carbocycles. The molecule has 0 radical (unpaired) electrons. The maximum atomic E-state index is 2.37. The van der Waals surface area contributed by atoms with Crippen LogP contribution in [0.2, 0.25) is 0 Å². The average Bonchev–Trinajstić information content (AvgIpc) is 3.17. The highest BCUT2D eigenvalue weighted by Crippen LogP contribution is 2.42. The van der Waals surface area contributed by atoms with Crippen LogP contribution in [-0.4, -0.2) is 0 Å². The molecule has 0 saturated carbocycles. The minimum absolute atomic E-state index is 1.12. The molecule has 0 fully saturated rings. The van der Waals surface area contributed by atoms with Gasteiger partial charge in [-0.2, -0.15) is 0 Å². The Morgan fingerprint density at radius 2 is 0.667 bits per heavy atom. The molecule has 0 aliphatic heterocycles. The van der Waals surface area contributed by atoms with E-state index in [1.165, 1.54) is 27.2 Å². The first-order valence-corrected chi connectivity index (χ1v) is 16.4. The lowest BCUT2D eigenvalue weighted by atomic mass is 9.99. The fourth-order valence-corrected chi connectivity index (χ4v) is 6.49. The molecule has 0 aliphatic carbocycles. The summed E-state index contributed by atoms with van der Waals surface area (Å²) in [6.45, 7) is 0. The van der Waals surface area contributed by atoms with Gasteiger partial charge in [-0.15, -0.1) is 0 Å².